The van der Waals surface area contributed by atoms with E-state index < -0.39 is 0 Å². The Bertz CT molecular complexity index is 557. The van der Waals surface area contributed by atoms with Crippen LogP contribution in [-0.2, 0) is 4.79 Å². The Morgan fingerprint density at radius 1 is 1.22 bits per heavy atom. The lowest BCUT2D eigenvalue weighted by atomic mass is 9.89. The van der Waals surface area contributed by atoms with Gasteiger partial charge in [0.15, 0.2) is 5.65 Å². The minimum atomic E-state index is 0.109. The van der Waals surface area contributed by atoms with Crippen molar-refractivity contribution in [1.29, 1.82) is 0 Å². The molecule has 0 saturated heterocycles. The summed E-state index contributed by atoms with van der Waals surface area (Å²) in [6.45, 7) is 0. The molecule has 94 valence electrons. The van der Waals surface area contributed by atoms with Gasteiger partial charge in [0.2, 0.25) is 5.91 Å². The van der Waals surface area contributed by atoms with Crippen molar-refractivity contribution >= 4 is 17.4 Å². The van der Waals surface area contributed by atoms with Crippen molar-refractivity contribution < 1.29 is 4.79 Å². The number of nitrogens with one attached hydrogen (secondary N) is 1. The van der Waals surface area contributed by atoms with Gasteiger partial charge in [-0.1, -0.05) is 19.3 Å². The summed E-state index contributed by atoms with van der Waals surface area (Å²) < 4.78 is 1.65. The molecular formula is C13H16N4O. The highest BCUT2D eigenvalue weighted by Gasteiger charge is 2.21. The van der Waals surface area contributed by atoms with E-state index in [2.05, 4.69) is 15.4 Å². The number of rotatable bonds is 2. The molecule has 2 heterocycles. The topological polar surface area (TPSA) is 59.3 Å². The number of hydrogen-bond acceptors (Lipinski definition) is 3. The molecule has 1 fully saturated rings. The molecule has 18 heavy (non-hydrogen) atoms. The lowest BCUT2D eigenvalue weighted by Gasteiger charge is -2.20. The summed E-state index contributed by atoms with van der Waals surface area (Å²) in [5.41, 5.74) is 0.747. The molecule has 1 aliphatic rings. The molecule has 1 aliphatic carbocycles. The van der Waals surface area contributed by atoms with Crippen molar-refractivity contribution in [1.82, 2.24) is 14.6 Å². The normalized spacial score (nSPS) is 16.9. The van der Waals surface area contributed by atoms with Crippen LogP contribution in [0.3, 0.4) is 0 Å². The van der Waals surface area contributed by atoms with Gasteiger partial charge in [-0.2, -0.15) is 9.61 Å². The highest BCUT2D eigenvalue weighted by atomic mass is 16.2. The summed E-state index contributed by atoms with van der Waals surface area (Å²) in [6.07, 6.45) is 8.93. The van der Waals surface area contributed by atoms with E-state index in [1.807, 2.05) is 6.07 Å². The standard InChI is InChI=1S/C13H16N4O/c18-13(10-4-2-1-3-5-10)16-12-6-8-14-11-7-9-15-17(11)12/h6-10H,1-5H2,(H,16,18). The third-order valence-electron chi connectivity index (χ3n) is 3.52. The molecule has 2 aromatic heterocycles. The van der Waals surface area contributed by atoms with Gasteiger partial charge in [-0.3, -0.25) is 4.79 Å². The Kier molecular flexibility index (Phi) is 2.96. The van der Waals surface area contributed by atoms with Crippen LogP contribution in [0.15, 0.2) is 24.5 Å². The molecule has 1 saturated carbocycles. The van der Waals surface area contributed by atoms with Gasteiger partial charge in [0, 0.05) is 18.2 Å². The van der Waals surface area contributed by atoms with Gasteiger partial charge in [0.1, 0.15) is 5.82 Å². The van der Waals surface area contributed by atoms with Gasteiger partial charge in [0.25, 0.3) is 0 Å². The van der Waals surface area contributed by atoms with Gasteiger partial charge in [0.05, 0.1) is 6.20 Å². The fourth-order valence-corrected chi connectivity index (χ4v) is 2.52. The van der Waals surface area contributed by atoms with E-state index in [0.717, 1.165) is 31.3 Å². The summed E-state index contributed by atoms with van der Waals surface area (Å²) in [7, 11) is 0. The molecule has 0 aromatic carbocycles. The van der Waals surface area contributed by atoms with Crippen LogP contribution < -0.4 is 5.32 Å². The zero-order valence-electron chi connectivity index (χ0n) is 10.2. The summed E-state index contributed by atoms with van der Waals surface area (Å²) in [4.78, 5) is 16.3. The van der Waals surface area contributed by atoms with E-state index in [1.54, 1.807) is 23.0 Å². The highest BCUT2D eigenvalue weighted by Crippen LogP contribution is 2.24. The number of aromatic nitrogens is 3. The largest absolute Gasteiger partial charge is 0.310 e. The van der Waals surface area contributed by atoms with Crippen LogP contribution >= 0.6 is 0 Å². The predicted molar refractivity (Wildman–Crippen MR) is 68.2 cm³/mol. The zero-order valence-corrected chi connectivity index (χ0v) is 10.2. The first-order chi connectivity index (χ1) is 8.84. The average Bonchev–Trinajstić information content (AvgIpc) is 2.89. The molecule has 5 heteroatoms. The molecule has 1 amide bonds. The van der Waals surface area contributed by atoms with Crippen molar-refractivity contribution in [2.45, 2.75) is 32.1 Å². The maximum Gasteiger partial charge on any atom is 0.228 e. The molecule has 5 nitrogen and oxygen atoms in total. The lowest BCUT2D eigenvalue weighted by molar-refractivity contribution is -0.120. The third-order valence-corrected chi connectivity index (χ3v) is 3.52. The van der Waals surface area contributed by atoms with E-state index in [9.17, 15) is 4.79 Å². The van der Waals surface area contributed by atoms with Gasteiger partial charge >= 0.3 is 0 Å². The number of carbonyl (C=O) groups is 1. The first-order valence-corrected chi connectivity index (χ1v) is 6.44. The SMILES string of the molecule is O=C(Nc1ccnc2ccnn12)C1CCCCC1. The Morgan fingerprint density at radius 2 is 2.06 bits per heavy atom. The summed E-state index contributed by atoms with van der Waals surface area (Å²) in [5, 5.41) is 7.12. The van der Waals surface area contributed by atoms with Gasteiger partial charge in [-0.05, 0) is 18.9 Å². The summed E-state index contributed by atoms with van der Waals surface area (Å²) in [5.74, 6) is 0.954. The minimum Gasteiger partial charge on any atom is -0.310 e. The minimum absolute atomic E-state index is 0.109. The second kappa shape index (κ2) is 4.76. The molecule has 0 radical (unpaired) electrons. The van der Waals surface area contributed by atoms with Crippen LogP contribution in [0.5, 0.6) is 0 Å². The van der Waals surface area contributed by atoms with E-state index in [1.165, 1.54) is 6.42 Å². The van der Waals surface area contributed by atoms with Crippen LogP contribution in [0, 0.1) is 5.92 Å². The van der Waals surface area contributed by atoms with Crippen LogP contribution in [0.4, 0.5) is 5.82 Å². The van der Waals surface area contributed by atoms with E-state index in [4.69, 9.17) is 0 Å². The zero-order chi connectivity index (χ0) is 12.4. The molecule has 1 N–H and O–H groups in total. The quantitative estimate of drug-likeness (QED) is 0.881. The second-order valence-electron chi connectivity index (χ2n) is 4.76. The number of amides is 1. The monoisotopic (exact) mass is 244 g/mol. The molecule has 0 unspecified atom stereocenters. The molecule has 0 aliphatic heterocycles. The highest BCUT2D eigenvalue weighted by molar-refractivity contribution is 5.92. The van der Waals surface area contributed by atoms with Gasteiger partial charge in [-0.25, -0.2) is 4.98 Å². The van der Waals surface area contributed by atoms with Crippen molar-refractivity contribution in [2.75, 3.05) is 5.32 Å². The first kappa shape index (κ1) is 11.2. The predicted octanol–water partition coefficient (Wildman–Crippen LogP) is 2.25. The Labute approximate surface area is 105 Å². The Balaban J connectivity index is 1.79. The van der Waals surface area contributed by atoms with Crippen LogP contribution in [0.25, 0.3) is 5.65 Å². The molecular weight excluding hydrogens is 228 g/mol. The third kappa shape index (κ3) is 2.08. The van der Waals surface area contributed by atoms with Gasteiger partial charge < -0.3 is 5.32 Å². The fourth-order valence-electron chi connectivity index (χ4n) is 2.52. The lowest BCUT2D eigenvalue weighted by Crippen LogP contribution is -2.25. The van der Waals surface area contributed by atoms with Crippen LogP contribution in [0.2, 0.25) is 0 Å². The van der Waals surface area contributed by atoms with Crippen LogP contribution in [0.1, 0.15) is 32.1 Å². The number of fused-ring (bicyclic) bond motifs is 1. The van der Waals surface area contributed by atoms with E-state index in [0.29, 0.717) is 5.82 Å². The van der Waals surface area contributed by atoms with E-state index >= 15 is 0 Å². The molecule has 2 aromatic rings. The van der Waals surface area contributed by atoms with Gasteiger partial charge in [-0.15, -0.1) is 0 Å². The molecule has 3 rings (SSSR count). The number of hydrogen-bond donors (Lipinski definition) is 1. The molecule has 0 bridgehead atoms. The number of nitrogens with zero attached hydrogens (tertiary/aromatic N) is 3. The summed E-state index contributed by atoms with van der Waals surface area (Å²) in [6, 6.07) is 3.59. The maximum absolute atomic E-state index is 12.2. The van der Waals surface area contributed by atoms with Crippen LogP contribution in [-0.4, -0.2) is 20.5 Å². The van der Waals surface area contributed by atoms with E-state index in [-0.39, 0.29) is 11.8 Å². The van der Waals surface area contributed by atoms with Crippen molar-refractivity contribution in [3.05, 3.63) is 24.5 Å². The second-order valence-corrected chi connectivity index (χ2v) is 4.76. The molecule has 0 spiro atoms. The summed E-state index contributed by atoms with van der Waals surface area (Å²) >= 11 is 0. The fraction of sp³-hybridized carbons (Fsp3) is 0.462. The van der Waals surface area contributed by atoms with Crippen molar-refractivity contribution in [3.8, 4) is 0 Å². The molecule has 0 atom stereocenters. The Hall–Kier alpha value is -1.91. The maximum atomic E-state index is 12.2. The smallest absolute Gasteiger partial charge is 0.228 e. The van der Waals surface area contributed by atoms with Crippen molar-refractivity contribution in [3.63, 3.8) is 0 Å². The Morgan fingerprint density at radius 3 is 2.89 bits per heavy atom. The number of anilines is 1. The number of carbonyl (C=O) groups excluding carboxylic acids is 1. The van der Waals surface area contributed by atoms with Crippen molar-refractivity contribution in [2.24, 2.45) is 5.92 Å². The average molecular weight is 244 g/mol. The first-order valence-electron chi connectivity index (χ1n) is 6.44.